The molecular formula is C11H14F2N4O4. The highest BCUT2D eigenvalue weighted by molar-refractivity contribution is 5.94. The molecule has 2 amide bonds. The molecule has 1 saturated heterocycles. The normalized spacial score (nSPS) is 15.2. The third kappa shape index (κ3) is 2.79. The Morgan fingerprint density at radius 1 is 1.48 bits per heavy atom. The van der Waals surface area contributed by atoms with E-state index in [1.165, 1.54) is 6.92 Å². The lowest BCUT2D eigenvalue weighted by Crippen LogP contribution is -2.60. The molecule has 0 atom stereocenters. The van der Waals surface area contributed by atoms with Gasteiger partial charge in [0, 0.05) is 13.1 Å². The lowest BCUT2D eigenvalue weighted by molar-refractivity contribution is 0.0540. The predicted molar refractivity (Wildman–Crippen MR) is 65.0 cm³/mol. The molecule has 0 bridgehead atoms. The number of aliphatic hydroxyl groups is 1. The van der Waals surface area contributed by atoms with Crippen molar-refractivity contribution in [2.45, 2.75) is 26.1 Å². The van der Waals surface area contributed by atoms with Crippen LogP contribution in [-0.4, -0.2) is 55.8 Å². The Hall–Kier alpha value is -2.23. The molecule has 0 radical (unpaired) electrons. The molecule has 1 aliphatic rings. The van der Waals surface area contributed by atoms with Gasteiger partial charge in [-0.3, -0.25) is 9.36 Å². The van der Waals surface area contributed by atoms with Gasteiger partial charge in [0.05, 0.1) is 11.7 Å². The molecule has 10 heteroatoms. The highest BCUT2D eigenvalue weighted by Crippen LogP contribution is 2.21. The van der Waals surface area contributed by atoms with Crippen molar-refractivity contribution < 1.29 is 28.6 Å². The number of nitrogens with zero attached hydrogens (tertiary/aromatic N) is 3. The smallest absolute Gasteiger partial charge is 0.407 e. The number of amides is 2. The monoisotopic (exact) mass is 304 g/mol. The maximum absolute atomic E-state index is 13.0. The second kappa shape index (κ2) is 5.64. The third-order valence-corrected chi connectivity index (χ3v) is 3.20. The first kappa shape index (κ1) is 15.2. The van der Waals surface area contributed by atoms with E-state index in [1.807, 2.05) is 0 Å². The van der Waals surface area contributed by atoms with Crippen LogP contribution in [-0.2, 0) is 6.61 Å². The molecule has 2 rings (SSSR count). The summed E-state index contributed by atoms with van der Waals surface area (Å²) >= 11 is 0. The summed E-state index contributed by atoms with van der Waals surface area (Å²) in [4.78, 5) is 27.5. The molecule has 0 saturated carbocycles. The van der Waals surface area contributed by atoms with E-state index in [-0.39, 0.29) is 30.3 Å². The largest absolute Gasteiger partial charge is 0.465 e. The number of hydrogen-bond acceptors (Lipinski definition) is 4. The first-order valence-corrected chi connectivity index (χ1v) is 6.10. The van der Waals surface area contributed by atoms with Crippen molar-refractivity contribution in [3.63, 3.8) is 0 Å². The first-order valence-electron chi connectivity index (χ1n) is 6.10. The maximum Gasteiger partial charge on any atom is 0.407 e. The molecule has 0 unspecified atom stereocenters. The number of aliphatic hydroxyl groups excluding tert-OH is 1. The van der Waals surface area contributed by atoms with Crippen LogP contribution in [0.1, 0.15) is 28.6 Å². The summed E-state index contributed by atoms with van der Waals surface area (Å²) in [5.41, 5.74) is -0.255. The average molecular weight is 304 g/mol. The minimum absolute atomic E-state index is 0.0752. The zero-order chi connectivity index (χ0) is 15.7. The van der Waals surface area contributed by atoms with Crippen LogP contribution in [0.25, 0.3) is 0 Å². The molecule has 116 valence electrons. The van der Waals surface area contributed by atoms with Crippen molar-refractivity contribution in [2.75, 3.05) is 13.1 Å². The third-order valence-electron chi connectivity index (χ3n) is 3.20. The molecule has 1 aromatic heterocycles. The highest BCUT2D eigenvalue weighted by Gasteiger charge is 2.33. The van der Waals surface area contributed by atoms with Crippen LogP contribution >= 0.6 is 0 Å². The van der Waals surface area contributed by atoms with Gasteiger partial charge in [-0.2, -0.15) is 8.78 Å². The van der Waals surface area contributed by atoms with Gasteiger partial charge in [-0.05, 0) is 6.92 Å². The van der Waals surface area contributed by atoms with E-state index < -0.39 is 31.2 Å². The fourth-order valence-electron chi connectivity index (χ4n) is 2.18. The first-order chi connectivity index (χ1) is 9.85. The van der Waals surface area contributed by atoms with E-state index in [0.29, 0.717) is 4.57 Å². The van der Waals surface area contributed by atoms with E-state index in [4.69, 9.17) is 10.2 Å². The summed E-state index contributed by atoms with van der Waals surface area (Å²) in [6.07, 6.45) is -1.10. The Kier molecular flexibility index (Phi) is 4.07. The number of carbonyl (C=O) groups excluding carboxylic acids is 1. The van der Waals surface area contributed by atoms with Gasteiger partial charge in [0.2, 0.25) is 0 Å². The Morgan fingerprint density at radius 2 is 2.10 bits per heavy atom. The quantitative estimate of drug-likeness (QED) is 0.735. The summed E-state index contributed by atoms with van der Waals surface area (Å²) in [6, 6.07) is -0.424. The van der Waals surface area contributed by atoms with Gasteiger partial charge in [0.25, 0.3) is 5.91 Å². The molecule has 0 spiro atoms. The van der Waals surface area contributed by atoms with Crippen molar-refractivity contribution in [2.24, 2.45) is 0 Å². The molecule has 2 heterocycles. The average Bonchev–Trinajstić information content (AvgIpc) is 2.69. The minimum Gasteiger partial charge on any atom is -0.465 e. The van der Waals surface area contributed by atoms with Gasteiger partial charge in [-0.25, -0.2) is 9.78 Å². The van der Waals surface area contributed by atoms with Crippen molar-refractivity contribution >= 4 is 12.0 Å². The number of aromatic nitrogens is 2. The Labute approximate surface area is 118 Å². The van der Waals surface area contributed by atoms with Crippen LogP contribution < -0.4 is 5.32 Å². The van der Waals surface area contributed by atoms with Gasteiger partial charge < -0.3 is 20.4 Å². The molecule has 8 nitrogen and oxygen atoms in total. The standard InChI is InChI=1S/C11H14F2N4O4/c1-5-8(17(10(12)13)7(4-18)14-5)9(19)15-6-2-16(3-6)11(20)21/h6,10,18H,2-4H2,1H3,(H,15,19)(H,20,21). The molecule has 3 N–H and O–H groups in total. The van der Waals surface area contributed by atoms with E-state index in [1.54, 1.807) is 0 Å². The van der Waals surface area contributed by atoms with Crippen LogP contribution in [0.5, 0.6) is 0 Å². The summed E-state index contributed by atoms with van der Waals surface area (Å²) in [5.74, 6) is -1.07. The van der Waals surface area contributed by atoms with Crippen molar-refractivity contribution in [1.29, 1.82) is 0 Å². The summed E-state index contributed by atoms with van der Waals surface area (Å²) in [5, 5.41) is 20.1. The number of aryl methyl sites for hydroxylation is 1. The number of halogens is 2. The second-order valence-electron chi connectivity index (χ2n) is 4.63. The van der Waals surface area contributed by atoms with Crippen molar-refractivity contribution in [3.05, 3.63) is 17.2 Å². The molecular weight excluding hydrogens is 290 g/mol. The molecule has 21 heavy (non-hydrogen) atoms. The highest BCUT2D eigenvalue weighted by atomic mass is 19.3. The molecule has 0 aliphatic carbocycles. The number of carbonyl (C=O) groups is 2. The number of alkyl halides is 2. The number of nitrogens with one attached hydrogen (secondary N) is 1. The minimum atomic E-state index is -3.01. The van der Waals surface area contributed by atoms with Gasteiger partial charge in [-0.15, -0.1) is 0 Å². The second-order valence-corrected chi connectivity index (χ2v) is 4.63. The number of carboxylic acid groups (broad SMARTS) is 1. The van der Waals surface area contributed by atoms with Crippen LogP contribution in [0, 0.1) is 6.92 Å². The molecule has 1 aliphatic heterocycles. The number of hydrogen-bond donors (Lipinski definition) is 3. The van der Waals surface area contributed by atoms with E-state index in [0.717, 1.165) is 4.90 Å². The van der Waals surface area contributed by atoms with Crippen LogP contribution in [0.3, 0.4) is 0 Å². The van der Waals surface area contributed by atoms with Crippen LogP contribution in [0.15, 0.2) is 0 Å². The lowest BCUT2D eigenvalue weighted by atomic mass is 10.1. The van der Waals surface area contributed by atoms with Crippen molar-refractivity contribution in [1.82, 2.24) is 19.8 Å². The summed E-state index contributed by atoms with van der Waals surface area (Å²) < 4.78 is 26.4. The van der Waals surface area contributed by atoms with Gasteiger partial charge in [-0.1, -0.05) is 0 Å². The zero-order valence-corrected chi connectivity index (χ0v) is 11.1. The fraction of sp³-hybridized carbons (Fsp3) is 0.545. The molecule has 1 aromatic rings. The predicted octanol–water partition coefficient (Wildman–Crippen LogP) is 0.171. The summed E-state index contributed by atoms with van der Waals surface area (Å²) in [6.45, 7) is -2.12. The van der Waals surface area contributed by atoms with Gasteiger partial charge in [0.1, 0.15) is 18.1 Å². The number of rotatable bonds is 4. The zero-order valence-electron chi connectivity index (χ0n) is 11.1. The Morgan fingerprint density at radius 3 is 2.57 bits per heavy atom. The van der Waals surface area contributed by atoms with Gasteiger partial charge >= 0.3 is 12.6 Å². The Bertz CT molecular complexity index is 569. The van der Waals surface area contributed by atoms with E-state index in [2.05, 4.69) is 10.3 Å². The van der Waals surface area contributed by atoms with Crippen LogP contribution in [0.2, 0.25) is 0 Å². The maximum atomic E-state index is 13.0. The number of likely N-dealkylation sites (tertiary alicyclic amines) is 1. The van der Waals surface area contributed by atoms with Crippen LogP contribution in [0.4, 0.5) is 13.6 Å². The Balaban J connectivity index is 2.13. The molecule has 0 aromatic carbocycles. The topological polar surface area (TPSA) is 108 Å². The van der Waals surface area contributed by atoms with E-state index in [9.17, 15) is 18.4 Å². The van der Waals surface area contributed by atoms with E-state index >= 15 is 0 Å². The van der Waals surface area contributed by atoms with Crippen molar-refractivity contribution in [3.8, 4) is 0 Å². The summed E-state index contributed by atoms with van der Waals surface area (Å²) in [7, 11) is 0. The van der Waals surface area contributed by atoms with Gasteiger partial charge in [0.15, 0.2) is 0 Å². The lowest BCUT2D eigenvalue weighted by Gasteiger charge is -2.37. The fourth-order valence-corrected chi connectivity index (χ4v) is 2.18. The molecule has 1 fully saturated rings. The number of imidazole rings is 1. The SMILES string of the molecule is Cc1nc(CO)n(C(F)F)c1C(=O)NC1CN(C(=O)O)C1.